The molecule has 0 radical (unpaired) electrons. The Morgan fingerprint density at radius 3 is 2.56 bits per heavy atom. The molecule has 4 heteroatoms. The molecule has 2 saturated carbocycles. The van der Waals surface area contributed by atoms with Crippen LogP contribution in [0.4, 0.5) is 0 Å². The van der Waals surface area contributed by atoms with Crippen LogP contribution in [-0.2, 0) is 4.79 Å². The molecule has 25 heavy (non-hydrogen) atoms. The van der Waals surface area contributed by atoms with Crippen LogP contribution in [0.3, 0.4) is 0 Å². The molecule has 0 spiro atoms. The van der Waals surface area contributed by atoms with Gasteiger partial charge in [-0.2, -0.15) is 0 Å². The van der Waals surface area contributed by atoms with Crippen molar-refractivity contribution in [2.24, 2.45) is 17.8 Å². The summed E-state index contributed by atoms with van der Waals surface area (Å²) in [5, 5.41) is 3.19. The van der Waals surface area contributed by atoms with E-state index >= 15 is 0 Å². The van der Waals surface area contributed by atoms with Gasteiger partial charge in [0.05, 0.1) is 6.61 Å². The number of carbonyl (C=O) groups excluding carboxylic acids is 2. The molecule has 4 atom stereocenters. The lowest BCUT2D eigenvalue weighted by Crippen LogP contribution is -2.40. The van der Waals surface area contributed by atoms with E-state index in [4.69, 9.17) is 4.74 Å². The monoisotopic (exact) mass is 343 g/mol. The summed E-state index contributed by atoms with van der Waals surface area (Å²) in [6.07, 6.45) is 6.62. The maximum absolute atomic E-state index is 12.1. The molecular formula is C21H29NO3. The Kier molecular flexibility index (Phi) is 5.77. The first-order chi connectivity index (χ1) is 12.0. The summed E-state index contributed by atoms with van der Waals surface area (Å²) in [5.41, 5.74) is 0.682. The van der Waals surface area contributed by atoms with Gasteiger partial charge in [-0.1, -0.05) is 6.42 Å². The number of ketones is 1. The molecule has 0 unspecified atom stereocenters. The number of rotatable bonds is 8. The standard InChI is InChI=1S/C21H29NO3/c1-14(20-13-16-5-6-18(20)12-16)22-21(24)4-3-11-25-19-9-7-17(8-10-19)15(2)23/h7-10,14,16,18,20H,3-6,11-13H2,1-2H3,(H,22,24)/t14-,16+,18+,20+/m0/s1. The summed E-state index contributed by atoms with van der Waals surface area (Å²) in [5.74, 6) is 3.34. The Bertz CT molecular complexity index is 610. The average Bonchev–Trinajstić information content (AvgIpc) is 3.22. The van der Waals surface area contributed by atoms with Crippen molar-refractivity contribution in [3.63, 3.8) is 0 Å². The summed E-state index contributed by atoms with van der Waals surface area (Å²) < 4.78 is 5.64. The average molecular weight is 343 g/mol. The van der Waals surface area contributed by atoms with E-state index in [1.165, 1.54) is 25.7 Å². The quantitative estimate of drug-likeness (QED) is 0.573. The fraction of sp³-hybridized carbons (Fsp3) is 0.619. The minimum atomic E-state index is 0.0489. The highest BCUT2D eigenvalue weighted by Gasteiger charge is 2.41. The van der Waals surface area contributed by atoms with Gasteiger partial charge in [-0.15, -0.1) is 0 Å². The Labute approximate surface area is 150 Å². The van der Waals surface area contributed by atoms with Crippen LogP contribution in [0.5, 0.6) is 5.75 Å². The molecule has 2 fully saturated rings. The molecule has 136 valence electrons. The molecule has 4 nitrogen and oxygen atoms in total. The molecule has 2 bridgehead atoms. The third kappa shape index (κ3) is 4.62. The Hall–Kier alpha value is -1.84. The van der Waals surface area contributed by atoms with E-state index in [1.807, 2.05) is 0 Å². The van der Waals surface area contributed by atoms with Gasteiger partial charge in [-0.25, -0.2) is 0 Å². The SMILES string of the molecule is CC(=O)c1ccc(OCCCC(=O)N[C@@H](C)[C@H]2C[C@@H]3CC[C@@H]2C3)cc1. The lowest BCUT2D eigenvalue weighted by atomic mass is 9.84. The second-order valence-corrected chi connectivity index (χ2v) is 7.73. The normalized spacial score (nSPS) is 25.6. The molecule has 1 aromatic carbocycles. The van der Waals surface area contributed by atoms with E-state index in [1.54, 1.807) is 31.2 Å². The van der Waals surface area contributed by atoms with Crippen molar-refractivity contribution in [1.29, 1.82) is 0 Å². The predicted molar refractivity (Wildman–Crippen MR) is 97.7 cm³/mol. The van der Waals surface area contributed by atoms with Gasteiger partial charge in [0.25, 0.3) is 0 Å². The Morgan fingerprint density at radius 2 is 1.96 bits per heavy atom. The van der Waals surface area contributed by atoms with Crippen molar-refractivity contribution in [3.05, 3.63) is 29.8 Å². The van der Waals surface area contributed by atoms with Crippen LogP contribution in [0.25, 0.3) is 0 Å². The summed E-state index contributed by atoms with van der Waals surface area (Å²) >= 11 is 0. The van der Waals surface area contributed by atoms with E-state index < -0.39 is 0 Å². The lowest BCUT2D eigenvalue weighted by Gasteiger charge is -2.28. The first-order valence-corrected chi connectivity index (χ1v) is 9.56. The number of hydrogen-bond acceptors (Lipinski definition) is 3. The zero-order chi connectivity index (χ0) is 17.8. The van der Waals surface area contributed by atoms with Crippen LogP contribution in [0.15, 0.2) is 24.3 Å². The van der Waals surface area contributed by atoms with E-state index in [9.17, 15) is 9.59 Å². The van der Waals surface area contributed by atoms with Crippen molar-refractivity contribution in [2.45, 2.75) is 58.4 Å². The Morgan fingerprint density at radius 1 is 1.20 bits per heavy atom. The minimum absolute atomic E-state index is 0.0489. The number of nitrogens with one attached hydrogen (secondary N) is 1. The highest BCUT2D eigenvalue weighted by Crippen LogP contribution is 2.49. The van der Waals surface area contributed by atoms with Crippen molar-refractivity contribution < 1.29 is 14.3 Å². The molecule has 0 aliphatic heterocycles. The van der Waals surface area contributed by atoms with E-state index in [0.717, 1.165) is 17.6 Å². The Balaban J connectivity index is 1.33. The minimum Gasteiger partial charge on any atom is -0.494 e. The third-order valence-electron chi connectivity index (χ3n) is 5.90. The largest absolute Gasteiger partial charge is 0.494 e. The molecule has 1 aromatic rings. The van der Waals surface area contributed by atoms with Crippen LogP contribution in [0.2, 0.25) is 0 Å². The van der Waals surface area contributed by atoms with Gasteiger partial charge >= 0.3 is 0 Å². The number of carbonyl (C=O) groups is 2. The summed E-state index contributed by atoms with van der Waals surface area (Å²) in [6, 6.07) is 7.42. The maximum Gasteiger partial charge on any atom is 0.220 e. The van der Waals surface area contributed by atoms with Gasteiger partial charge in [0.1, 0.15) is 5.75 Å². The summed E-state index contributed by atoms with van der Waals surface area (Å²) in [7, 11) is 0. The van der Waals surface area contributed by atoms with E-state index in [2.05, 4.69) is 12.2 Å². The van der Waals surface area contributed by atoms with Gasteiger partial charge < -0.3 is 10.1 Å². The van der Waals surface area contributed by atoms with Crippen molar-refractivity contribution in [3.8, 4) is 5.75 Å². The van der Waals surface area contributed by atoms with Gasteiger partial charge in [0.2, 0.25) is 5.91 Å². The van der Waals surface area contributed by atoms with E-state index in [-0.39, 0.29) is 11.7 Å². The van der Waals surface area contributed by atoms with Crippen LogP contribution < -0.4 is 10.1 Å². The van der Waals surface area contributed by atoms with Gasteiger partial charge in [-0.05, 0) is 81.5 Å². The number of fused-ring (bicyclic) bond motifs is 2. The summed E-state index contributed by atoms with van der Waals surface area (Å²) in [6.45, 7) is 4.22. The first-order valence-electron chi connectivity index (χ1n) is 9.56. The molecule has 0 heterocycles. The topological polar surface area (TPSA) is 55.4 Å². The maximum atomic E-state index is 12.1. The second kappa shape index (κ2) is 8.03. The molecular weight excluding hydrogens is 314 g/mol. The molecule has 0 aromatic heterocycles. The predicted octanol–water partition coefficient (Wildman–Crippen LogP) is 3.99. The van der Waals surface area contributed by atoms with Crippen LogP contribution in [0.1, 0.15) is 62.7 Å². The number of ether oxygens (including phenoxy) is 1. The van der Waals surface area contributed by atoms with Crippen LogP contribution >= 0.6 is 0 Å². The van der Waals surface area contributed by atoms with Crippen molar-refractivity contribution in [2.75, 3.05) is 6.61 Å². The number of Topliss-reactive ketones (excluding diaryl/α,β-unsaturated/α-hetero) is 1. The zero-order valence-corrected chi connectivity index (χ0v) is 15.3. The lowest BCUT2D eigenvalue weighted by molar-refractivity contribution is -0.122. The molecule has 1 N–H and O–H groups in total. The third-order valence-corrected chi connectivity index (χ3v) is 5.90. The number of hydrogen-bond donors (Lipinski definition) is 1. The van der Waals surface area contributed by atoms with Crippen LogP contribution in [-0.4, -0.2) is 24.3 Å². The van der Waals surface area contributed by atoms with Gasteiger partial charge in [0.15, 0.2) is 5.78 Å². The van der Waals surface area contributed by atoms with Gasteiger partial charge in [0, 0.05) is 18.0 Å². The zero-order valence-electron chi connectivity index (χ0n) is 15.3. The molecule has 3 rings (SSSR count). The molecule has 2 aliphatic carbocycles. The highest BCUT2D eigenvalue weighted by atomic mass is 16.5. The first kappa shape index (κ1) is 18.0. The van der Waals surface area contributed by atoms with Crippen molar-refractivity contribution >= 4 is 11.7 Å². The smallest absolute Gasteiger partial charge is 0.220 e. The van der Waals surface area contributed by atoms with Gasteiger partial charge in [-0.3, -0.25) is 9.59 Å². The highest BCUT2D eigenvalue weighted by molar-refractivity contribution is 5.94. The number of amides is 1. The van der Waals surface area contributed by atoms with Crippen LogP contribution in [0, 0.1) is 17.8 Å². The molecule has 0 saturated heterocycles. The second-order valence-electron chi connectivity index (χ2n) is 7.73. The molecule has 1 amide bonds. The number of benzene rings is 1. The fourth-order valence-corrected chi connectivity index (χ4v) is 4.55. The fourth-order valence-electron chi connectivity index (χ4n) is 4.55. The molecule has 2 aliphatic rings. The summed E-state index contributed by atoms with van der Waals surface area (Å²) in [4.78, 5) is 23.4. The van der Waals surface area contributed by atoms with Crippen molar-refractivity contribution in [1.82, 2.24) is 5.32 Å². The van der Waals surface area contributed by atoms with E-state index in [0.29, 0.717) is 37.0 Å².